The summed E-state index contributed by atoms with van der Waals surface area (Å²) < 4.78 is 11.1. The maximum Gasteiger partial charge on any atom is 0.337 e. The number of methoxy groups -OCH3 is 1. The molecule has 1 aliphatic heterocycles. The van der Waals surface area contributed by atoms with Crippen molar-refractivity contribution in [1.82, 2.24) is 15.0 Å². The Hall–Kier alpha value is -3.04. The fourth-order valence-corrected chi connectivity index (χ4v) is 4.06. The molecule has 1 saturated heterocycles. The van der Waals surface area contributed by atoms with E-state index >= 15 is 0 Å². The maximum atomic E-state index is 12.6. The lowest BCUT2D eigenvalue weighted by atomic mass is 9.96. The predicted octanol–water partition coefficient (Wildman–Crippen LogP) is 4.14. The molecule has 2 aromatic carbocycles. The number of nitrogens with one attached hydrogen (secondary N) is 1. The molecule has 0 aliphatic carbocycles. The summed E-state index contributed by atoms with van der Waals surface area (Å²) in [4.78, 5) is 30.9. The largest absolute Gasteiger partial charge is 0.465 e. The minimum atomic E-state index is -0.403. The van der Waals surface area contributed by atoms with Crippen molar-refractivity contribution in [2.24, 2.45) is 5.92 Å². The smallest absolute Gasteiger partial charge is 0.337 e. The Morgan fingerprint density at radius 3 is 2.62 bits per heavy atom. The molecule has 1 amide bonds. The molecule has 0 saturated carbocycles. The van der Waals surface area contributed by atoms with E-state index in [1.165, 1.54) is 7.11 Å². The Labute approximate surface area is 194 Å². The summed E-state index contributed by atoms with van der Waals surface area (Å²) in [5.74, 6) is 0.652. The van der Waals surface area contributed by atoms with Crippen molar-refractivity contribution in [2.45, 2.75) is 19.4 Å². The van der Waals surface area contributed by atoms with E-state index in [-0.39, 0.29) is 11.8 Å². The molecule has 4 rings (SSSR count). The van der Waals surface area contributed by atoms with Gasteiger partial charge in [-0.15, -0.1) is 0 Å². The minimum absolute atomic E-state index is 0.00907. The van der Waals surface area contributed by atoms with E-state index in [1.807, 2.05) is 24.3 Å². The van der Waals surface area contributed by atoms with Gasteiger partial charge in [-0.05, 0) is 62.3 Å². The number of esters is 1. The number of piperidine rings is 1. The van der Waals surface area contributed by atoms with Gasteiger partial charge in [-0.25, -0.2) is 4.79 Å². The topological polar surface area (TPSA) is 97.6 Å². The van der Waals surface area contributed by atoms with Crippen molar-refractivity contribution < 1.29 is 18.8 Å². The number of hydrogen-bond acceptors (Lipinski definition) is 7. The molecule has 0 spiro atoms. The SMILES string of the molecule is COC(=O)c1ccc(NC(=O)C2CCN(Cc3nc(-c4cccc(Br)c4)no3)CC2)cc1. The number of halogens is 1. The van der Waals surface area contributed by atoms with Gasteiger partial charge in [0.2, 0.25) is 17.6 Å². The maximum absolute atomic E-state index is 12.6. The van der Waals surface area contributed by atoms with Crippen molar-refractivity contribution in [3.05, 3.63) is 64.5 Å². The highest BCUT2D eigenvalue weighted by Gasteiger charge is 2.26. The number of ether oxygens (including phenoxy) is 1. The molecule has 1 N–H and O–H groups in total. The van der Waals surface area contributed by atoms with Gasteiger partial charge in [-0.3, -0.25) is 9.69 Å². The number of rotatable bonds is 6. The molecular weight excluding hydrogens is 476 g/mol. The number of aromatic nitrogens is 2. The fraction of sp³-hybridized carbons (Fsp3) is 0.304. The van der Waals surface area contributed by atoms with Gasteiger partial charge in [-0.2, -0.15) is 4.98 Å². The predicted molar refractivity (Wildman–Crippen MR) is 122 cm³/mol. The zero-order valence-electron chi connectivity index (χ0n) is 17.6. The van der Waals surface area contributed by atoms with E-state index in [9.17, 15) is 9.59 Å². The highest BCUT2D eigenvalue weighted by molar-refractivity contribution is 9.10. The van der Waals surface area contributed by atoms with Gasteiger partial charge in [0.05, 0.1) is 19.2 Å². The van der Waals surface area contributed by atoms with Crippen molar-refractivity contribution in [3.8, 4) is 11.4 Å². The highest BCUT2D eigenvalue weighted by Crippen LogP contribution is 2.23. The van der Waals surface area contributed by atoms with Crippen LogP contribution < -0.4 is 5.32 Å². The summed E-state index contributed by atoms with van der Waals surface area (Å²) in [6.07, 6.45) is 1.50. The number of carbonyl (C=O) groups excluding carboxylic acids is 2. The summed E-state index contributed by atoms with van der Waals surface area (Å²) in [5, 5.41) is 7.01. The van der Waals surface area contributed by atoms with E-state index < -0.39 is 5.97 Å². The van der Waals surface area contributed by atoms with E-state index in [0.717, 1.165) is 36.0 Å². The third-order valence-electron chi connectivity index (χ3n) is 5.44. The molecule has 9 heteroatoms. The lowest BCUT2D eigenvalue weighted by Gasteiger charge is -2.30. The van der Waals surface area contributed by atoms with E-state index in [0.29, 0.717) is 29.5 Å². The Morgan fingerprint density at radius 2 is 1.94 bits per heavy atom. The zero-order valence-corrected chi connectivity index (χ0v) is 19.2. The summed E-state index contributed by atoms with van der Waals surface area (Å²) in [6.45, 7) is 2.10. The van der Waals surface area contributed by atoms with Crippen LogP contribution in [-0.4, -0.2) is 47.1 Å². The summed E-state index contributed by atoms with van der Waals surface area (Å²) in [6, 6.07) is 14.4. The van der Waals surface area contributed by atoms with Crippen molar-refractivity contribution >= 4 is 33.5 Å². The van der Waals surface area contributed by atoms with Crippen LogP contribution in [-0.2, 0) is 16.1 Å². The van der Waals surface area contributed by atoms with Crippen LogP contribution in [0.3, 0.4) is 0 Å². The van der Waals surface area contributed by atoms with Gasteiger partial charge in [0.1, 0.15) is 0 Å². The lowest BCUT2D eigenvalue weighted by Crippen LogP contribution is -2.37. The number of nitrogens with zero attached hydrogens (tertiary/aromatic N) is 3. The van der Waals surface area contributed by atoms with Crippen molar-refractivity contribution in [2.75, 3.05) is 25.5 Å². The molecular formula is C23H23BrN4O4. The minimum Gasteiger partial charge on any atom is -0.465 e. The monoisotopic (exact) mass is 498 g/mol. The third kappa shape index (κ3) is 5.41. The normalized spacial score (nSPS) is 14.8. The average molecular weight is 499 g/mol. The Morgan fingerprint density at radius 1 is 1.19 bits per heavy atom. The molecule has 2 heterocycles. The molecule has 0 radical (unpaired) electrons. The van der Waals surface area contributed by atoms with Crippen molar-refractivity contribution in [1.29, 1.82) is 0 Å². The number of amides is 1. The second-order valence-corrected chi connectivity index (χ2v) is 8.55. The molecule has 1 aliphatic rings. The summed E-state index contributed by atoms with van der Waals surface area (Å²) >= 11 is 3.45. The van der Waals surface area contributed by atoms with Crippen LogP contribution in [0.4, 0.5) is 5.69 Å². The number of hydrogen-bond donors (Lipinski definition) is 1. The molecule has 8 nitrogen and oxygen atoms in total. The number of carbonyl (C=O) groups is 2. The summed E-state index contributed by atoms with van der Waals surface area (Å²) in [7, 11) is 1.34. The molecule has 32 heavy (non-hydrogen) atoms. The van der Waals surface area contributed by atoms with Crippen LogP contribution in [0.1, 0.15) is 29.1 Å². The van der Waals surface area contributed by atoms with Gasteiger partial charge in [-0.1, -0.05) is 33.2 Å². The van der Waals surface area contributed by atoms with Gasteiger partial charge in [0, 0.05) is 21.6 Å². The molecule has 1 aromatic heterocycles. The number of likely N-dealkylation sites (tertiary alicyclic amines) is 1. The van der Waals surface area contributed by atoms with E-state index in [4.69, 9.17) is 4.52 Å². The molecule has 166 valence electrons. The van der Waals surface area contributed by atoms with Gasteiger partial charge < -0.3 is 14.6 Å². The van der Waals surface area contributed by atoms with Crippen LogP contribution in [0.25, 0.3) is 11.4 Å². The van der Waals surface area contributed by atoms with Crippen LogP contribution >= 0.6 is 15.9 Å². The molecule has 0 atom stereocenters. The molecule has 3 aromatic rings. The first-order chi connectivity index (χ1) is 15.5. The van der Waals surface area contributed by atoms with Crippen LogP contribution in [0.2, 0.25) is 0 Å². The van der Waals surface area contributed by atoms with Gasteiger partial charge in [0.15, 0.2) is 0 Å². The molecule has 0 unspecified atom stereocenters. The standard InChI is InChI=1S/C23H23BrN4O4/c1-31-23(30)16-5-7-19(8-6-16)25-22(29)15-9-11-28(12-10-15)14-20-26-21(27-32-20)17-3-2-4-18(24)13-17/h2-8,13,15H,9-12,14H2,1H3,(H,25,29). The van der Waals surface area contributed by atoms with Crippen LogP contribution in [0.15, 0.2) is 57.5 Å². The quantitative estimate of drug-likeness (QED) is 0.510. The second-order valence-electron chi connectivity index (χ2n) is 7.63. The lowest BCUT2D eigenvalue weighted by molar-refractivity contribution is -0.121. The number of benzene rings is 2. The average Bonchev–Trinajstić information content (AvgIpc) is 3.28. The Balaban J connectivity index is 1.27. The first kappa shape index (κ1) is 22.2. The molecule has 1 fully saturated rings. The summed E-state index contributed by atoms with van der Waals surface area (Å²) in [5.41, 5.74) is 2.00. The highest BCUT2D eigenvalue weighted by atomic mass is 79.9. The van der Waals surface area contributed by atoms with E-state index in [1.54, 1.807) is 24.3 Å². The van der Waals surface area contributed by atoms with Crippen LogP contribution in [0.5, 0.6) is 0 Å². The van der Waals surface area contributed by atoms with Gasteiger partial charge >= 0.3 is 5.97 Å². The van der Waals surface area contributed by atoms with Crippen molar-refractivity contribution in [3.63, 3.8) is 0 Å². The fourth-order valence-electron chi connectivity index (χ4n) is 3.66. The van der Waals surface area contributed by atoms with Gasteiger partial charge in [0.25, 0.3) is 0 Å². The molecule has 0 bridgehead atoms. The van der Waals surface area contributed by atoms with E-state index in [2.05, 4.69) is 41.0 Å². The third-order valence-corrected chi connectivity index (χ3v) is 5.93. The van der Waals surface area contributed by atoms with Crippen LogP contribution in [0, 0.1) is 5.92 Å². The zero-order chi connectivity index (χ0) is 22.5. The first-order valence-corrected chi connectivity index (χ1v) is 11.1. The Bertz CT molecular complexity index is 1090. The second kappa shape index (κ2) is 10.1. The number of anilines is 1. The first-order valence-electron chi connectivity index (χ1n) is 10.3. The Kier molecular flexibility index (Phi) is 6.96.